The number of hydrogen-bond acceptors (Lipinski definition) is 7. The van der Waals surface area contributed by atoms with Crippen molar-refractivity contribution in [3.63, 3.8) is 0 Å². The third-order valence-corrected chi connectivity index (χ3v) is 6.98. The van der Waals surface area contributed by atoms with Crippen LogP contribution in [0.4, 0.5) is 10.1 Å². The van der Waals surface area contributed by atoms with Gasteiger partial charge in [0.25, 0.3) is 5.91 Å². The van der Waals surface area contributed by atoms with Crippen LogP contribution in [0.25, 0.3) is 10.2 Å². The van der Waals surface area contributed by atoms with Crippen LogP contribution in [0.15, 0.2) is 12.1 Å². The molecular weight excluding hydrogens is 382 g/mol. The van der Waals surface area contributed by atoms with Crippen molar-refractivity contribution >= 4 is 48.9 Å². The molecule has 0 aliphatic heterocycles. The number of fused-ring (bicyclic) bond motifs is 2. The predicted octanol–water partition coefficient (Wildman–Crippen LogP) is 4.34. The topological polar surface area (TPSA) is 86.5 Å². The first kappa shape index (κ1) is 18.1. The smallest absolute Gasteiger partial charge is 0.251 e. The van der Waals surface area contributed by atoms with Crippen molar-refractivity contribution in [2.24, 2.45) is 11.7 Å². The molecule has 4 rings (SSSR count). The zero-order valence-corrected chi connectivity index (χ0v) is 17.1. The van der Waals surface area contributed by atoms with E-state index in [1.807, 2.05) is 12.1 Å². The van der Waals surface area contributed by atoms with Crippen molar-refractivity contribution in [1.29, 1.82) is 0 Å². The van der Waals surface area contributed by atoms with Gasteiger partial charge in [-0.2, -0.15) is 0 Å². The number of nitrogens with one attached hydrogen (secondary N) is 1. The SMILES string of the molecule is COc1cc2nc(Nc3sc4c(c3C(N)=O)CC[C@@H](C)C4)sc2cc1OC. The molecule has 2 heterocycles. The number of carbonyl (C=O) groups is 1. The molecule has 0 radical (unpaired) electrons. The molecule has 0 saturated heterocycles. The Bertz CT molecular complexity index is 984. The zero-order chi connectivity index (χ0) is 19.1. The highest BCUT2D eigenvalue weighted by molar-refractivity contribution is 7.23. The van der Waals surface area contributed by atoms with E-state index in [-0.39, 0.29) is 5.91 Å². The van der Waals surface area contributed by atoms with Crippen LogP contribution in [-0.2, 0) is 12.8 Å². The summed E-state index contributed by atoms with van der Waals surface area (Å²) in [6.07, 6.45) is 2.99. The Morgan fingerprint density at radius 3 is 2.70 bits per heavy atom. The number of methoxy groups -OCH3 is 2. The highest BCUT2D eigenvalue weighted by Gasteiger charge is 2.27. The van der Waals surface area contributed by atoms with E-state index in [0.29, 0.717) is 23.0 Å². The number of amides is 1. The lowest BCUT2D eigenvalue weighted by Gasteiger charge is -2.18. The number of thiophene rings is 1. The third kappa shape index (κ3) is 3.23. The van der Waals surface area contributed by atoms with E-state index in [2.05, 4.69) is 17.2 Å². The first-order valence-corrected chi connectivity index (χ1v) is 10.4. The van der Waals surface area contributed by atoms with Crippen LogP contribution in [0.1, 0.15) is 34.1 Å². The van der Waals surface area contributed by atoms with Gasteiger partial charge in [-0.3, -0.25) is 4.79 Å². The number of rotatable bonds is 5. The molecule has 1 amide bonds. The number of primary amides is 1. The van der Waals surface area contributed by atoms with Crippen molar-refractivity contribution in [1.82, 2.24) is 4.98 Å². The van der Waals surface area contributed by atoms with Gasteiger partial charge in [0.2, 0.25) is 0 Å². The fourth-order valence-electron chi connectivity index (χ4n) is 3.51. The molecule has 0 saturated carbocycles. The lowest BCUT2D eigenvalue weighted by Crippen LogP contribution is -2.17. The Morgan fingerprint density at radius 1 is 1.26 bits per heavy atom. The minimum absolute atomic E-state index is 0.381. The lowest BCUT2D eigenvalue weighted by molar-refractivity contribution is 0.1000. The second-order valence-electron chi connectivity index (χ2n) is 6.74. The summed E-state index contributed by atoms with van der Waals surface area (Å²) in [6.45, 7) is 2.24. The second kappa shape index (κ2) is 7.01. The average molecular weight is 404 g/mol. The van der Waals surface area contributed by atoms with Gasteiger partial charge in [0.1, 0.15) is 5.00 Å². The van der Waals surface area contributed by atoms with Crippen LogP contribution >= 0.6 is 22.7 Å². The number of benzene rings is 1. The van der Waals surface area contributed by atoms with E-state index in [1.54, 1.807) is 25.6 Å². The van der Waals surface area contributed by atoms with Crippen molar-refractivity contribution in [2.45, 2.75) is 26.2 Å². The molecule has 3 N–H and O–H groups in total. The highest BCUT2D eigenvalue weighted by atomic mass is 32.1. The Morgan fingerprint density at radius 2 is 2.00 bits per heavy atom. The number of thiazole rings is 1. The first-order chi connectivity index (χ1) is 13.0. The van der Waals surface area contributed by atoms with Gasteiger partial charge in [-0.25, -0.2) is 4.98 Å². The Labute approximate surface area is 165 Å². The van der Waals surface area contributed by atoms with Crippen molar-refractivity contribution in [2.75, 3.05) is 19.5 Å². The number of hydrogen-bond donors (Lipinski definition) is 2. The Balaban J connectivity index is 1.73. The molecule has 142 valence electrons. The fourth-order valence-corrected chi connectivity index (χ4v) is 5.87. The van der Waals surface area contributed by atoms with Gasteiger partial charge in [0.05, 0.1) is 30.0 Å². The molecule has 1 atom stereocenters. The largest absolute Gasteiger partial charge is 0.493 e. The second-order valence-corrected chi connectivity index (χ2v) is 8.87. The molecule has 6 nitrogen and oxygen atoms in total. The standard InChI is InChI=1S/C19H21N3O3S2/c1-9-4-5-10-14(6-9)26-18(16(10)17(20)23)22-19-21-11-7-12(24-2)13(25-3)8-15(11)27-19/h7-9H,4-6H2,1-3H3,(H2,20,23)(H,21,22)/t9-/m1/s1. The minimum Gasteiger partial charge on any atom is -0.493 e. The van der Waals surface area contributed by atoms with Gasteiger partial charge in [-0.05, 0) is 30.7 Å². The van der Waals surface area contributed by atoms with Gasteiger partial charge in [-0.1, -0.05) is 18.3 Å². The summed E-state index contributed by atoms with van der Waals surface area (Å²) >= 11 is 3.12. The number of anilines is 2. The molecule has 0 spiro atoms. The van der Waals surface area contributed by atoms with Crippen LogP contribution < -0.4 is 20.5 Å². The number of aromatic nitrogens is 1. The summed E-state index contributed by atoms with van der Waals surface area (Å²) < 4.78 is 11.7. The van der Waals surface area contributed by atoms with Crippen LogP contribution in [-0.4, -0.2) is 25.1 Å². The van der Waals surface area contributed by atoms with Gasteiger partial charge in [0.15, 0.2) is 16.6 Å². The van der Waals surface area contributed by atoms with Gasteiger partial charge >= 0.3 is 0 Å². The lowest BCUT2D eigenvalue weighted by atomic mass is 9.88. The maximum Gasteiger partial charge on any atom is 0.251 e. The van der Waals surface area contributed by atoms with E-state index in [4.69, 9.17) is 15.2 Å². The van der Waals surface area contributed by atoms with Gasteiger partial charge < -0.3 is 20.5 Å². The normalized spacial score (nSPS) is 16.2. The number of carbonyl (C=O) groups excluding carboxylic acids is 1. The van der Waals surface area contributed by atoms with E-state index in [9.17, 15) is 4.79 Å². The molecule has 27 heavy (non-hydrogen) atoms. The molecule has 8 heteroatoms. The fraction of sp³-hybridized carbons (Fsp3) is 0.368. The molecule has 2 aromatic heterocycles. The number of ether oxygens (including phenoxy) is 2. The van der Waals surface area contributed by atoms with E-state index in [0.717, 1.165) is 45.2 Å². The van der Waals surface area contributed by atoms with Crippen LogP contribution in [0.5, 0.6) is 11.5 Å². The van der Waals surface area contributed by atoms with E-state index >= 15 is 0 Å². The van der Waals surface area contributed by atoms with Gasteiger partial charge in [-0.15, -0.1) is 11.3 Å². The quantitative estimate of drug-likeness (QED) is 0.662. The van der Waals surface area contributed by atoms with Crippen LogP contribution in [0, 0.1) is 5.92 Å². The van der Waals surface area contributed by atoms with E-state index < -0.39 is 0 Å². The predicted molar refractivity (Wildman–Crippen MR) is 110 cm³/mol. The summed E-state index contributed by atoms with van der Waals surface area (Å²) in [5.74, 6) is 1.56. The van der Waals surface area contributed by atoms with Crippen LogP contribution in [0.2, 0.25) is 0 Å². The Hall–Kier alpha value is -2.32. The molecule has 0 bridgehead atoms. The molecule has 1 aromatic carbocycles. The zero-order valence-electron chi connectivity index (χ0n) is 15.4. The summed E-state index contributed by atoms with van der Waals surface area (Å²) in [7, 11) is 3.21. The van der Waals surface area contributed by atoms with Crippen molar-refractivity contribution < 1.29 is 14.3 Å². The minimum atomic E-state index is -0.381. The third-order valence-electron chi connectivity index (χ3n) is 4.87. The molecule has 3 aromatic rings. The molecule has 0 unspecified atom stereocenters. The summed E-state index contributed by atoms with van der Waals surface area (Å²) in [5, 5.41) is 4.84. The summed E-state index contributed by atoms with van der Waals surface area (Å²) in [6, 6.07) is 3.76. The van der Waals surface area contributed by atoms with Crippen LogP contribution in [0.3, 0.4) is 0 Å². The molecule has 1 aliphatic carbocycles. The van der Waals surface area contributed by atoms with Crippen molar-refractivity contribution in [3.8, 4) is 11.5 Å². The maximum absolute atomic E-state index is 12.1. The highest BCUT2D eigenvalue weighted by Crippen LogP contribution is 2.42. The van der Waals surface area contributed by atoms with Crippen molar-refractivity contribution in [3.05, 3.63) is 28.1 Å². The average Bonchev–Trinajstić information content (AvgIpc) is 3.19. The number of nitrogens with zero attached hydrogens (tertiary/aromatic N) is 1. The molecule has 0 fully saturated rings. The molecular formula is C19H21N3O3S2. The number of nitrogens with two attached hydrogens (primary N) is 1. The molecule has 1 aliphatic rings. The van der Waals surface area contributed by atoms with E-state index in [1.165, 1.54) is 16.2 Å². The Kier molecular flexibility index (Phi) is 4.69. The monoisotopic (exact) mass is 403 g/mol. The van der Waals surface area contributed by atoms with Gasteiger partial charge in [0, 0.05) is 17.0 Å². The summed E-state index contributed by atoms with van der Waals surface area (Å²) in [4.78, 5) is 18.0. The first-order valence-electron chi connectivity index (χ1n) is 8.74. The maximum atomic E-state index is 12.1. The summed E-state index contributed by atoms with van der Waals surface area (Å²) in [5.41, 5.74) is 8.25.